The highest BCUT2D eigenvalue weighted by molar-refractivity contribution is 7.53. The van der Waals surface area contributed by atoms with Crippen LogP contribution in [0.3, 0.4) is 0 Å². The average molecular weight is 523 g/mol. The first kappa shape index (κ1) is 28.0. The van der Waals surface area contributed by atoms with Crippen molar-refractivity contribution < 1.29 is 28.0 Å². The van der Waals surface area contributed by atoms with Gasteiger partial charge in [0.2, 0.25) is 5.91 Å². The molecule has 0 heterocycles. The van der Waals surface area contributed by atoms with Gasteiger partial charge in [-0.05, 0) is 37.1 Å². The van der Waals surface area contributed by atoms with Crippen LogP contribution in [0.15, 0.2) is 78.9 Å². The molecule has 0 spiro atoms. The minimum absolute atomic E-state index is 0.0866. The predicted octanol–water partition coefficient (Wildman–Crippen LogP) is 4.51. The maximum absolute atomic E-state index is 12.8. The number of amides is 2. The summed E-state index contributed by atoms with van der Waals surface area (Å²) in [5.41, 5.74) is 8.41. The topological polar surface area (TPSA) is 125 Å². The van der Waals surface area contributed by atoms with Crippen LogP contribution >= 0.6 is 7.60 Å². The summed E-state index contributed by atoms with van der Waals surface area (Å²) < 4.78 is 23.4. The molecule has 194 valence electrons. The van der Waals surface area contributed by atoms with Crippen molar-refractivity contribution in [3.05, 3.63) is 107 Å². The molecule has 37 heavy (non-hydrogen) atoms. The molecule has 3 aromatic rings. The van der Waals surface area contributed by atoms with Crippen LogP contribution in [-0.4, -0.2) is 36.9 Å². The fourth-order valence-electron chi connectivity index (χ4n) is 3.76. The van der Waals surface area contributed by atoms with Crippen molar-refractivity contribution in [2.24, 2.45) is 5.73 Å². The van der Waals surface area contributed by atoms with Crippen LogP contribution < -0.4 is 11.1 Å². The van der Waals surface area contributed by atoms with Gasteiger partial charge in [0.15, 0.2) is 5.78 Å². The van der Waals surface area contributed by atoms with Crippen LogP contribution in [0.2, 0.25) is 0 Å². The Morgan fingerprint density at radius 2 is 1.30 bits per heavy atom. The molecule has 3 aromatic carbocycles. The highest BCUT2D eigenvalue weighted by Crippen LogP contribution is 2.51. The molecule has 2 amide bonds. The molecule has 0 radical (unpaired) electrons. The minimum atomic E-state index is -3.27. The van der Waals surface area contributed by atoms with E-state index in [2.05, 4.69) is 5.32 Å². The van der Waals surface area contributed by atoms with Gasteiger partial charge in [0, 0.05) is 23.1 Å². The number of nitrogens with two attached hydrogens (primary N) is 1. The zero-order valence-electron chi connectivity index (χ0n) is 20.9. The van der Waals surface area contributed by atoms with E-state index >= 15 is 0 Å². The minimum Gasteiger partial charge on any atom is -0.368 e. The summed E-state index contributed by atoms with van der Waals surface area (Å²) in [5.74, 6) is -1.25. The number of nitrogens with one attached hydrogen (secondary N) is 1. The van der Waals surface area contributed by atoms with E-state index in [1.54, 1.807) is 86.6 Å². The van der Waals surface area contributed by atoms with Gasteiger partial charge in [-0.25, -0.2) is 0 Å². The molecule has 8 nitrogen and oxygen atoms in total. The molecule has 0 bridgehead atoms. The second-order valence-electron chi connectivity index (χ2n) is 8.33. The summed E-state index contributed by atoms with van der Waals surface area (Å²) in [7, 11) is -3.27. The molecular weight excluding hydrogens is 491 g/mol. The maximum Gasteiger partial charge on any atom is 0.335 e. The van der Waals surface area contributed by atoms with Crippen molar-refractivity contribution >= 4 is 25.2 Å². The molecule has 9 heteroatoms. The van der Waals surface area contributed by atoms with E-state index in [-0.39, 0.29) is 31.6 Å². The predicted molar refractivity (Wildman–Crippen MR) is 141 cm³/mol. The Kier molecular flexibility index (Phi) is 9.92. The maximum atomic E-state index is 12.8. The van der Waals surface area contributed by atoms with Gasteiger partial charge in [-0.2, -0.15) is 0 Å². The molecule has 0 saturated carbocycles. The number of carbonyl (C=O) groups is 3. The Labute approximate surface area is 216 Å². The Bertz CT molecular complexity index is 1250. The second-order valence-corrected chi connectivity index (χ2v) is 10.4. The SMILES string of the molecule is CCOP(=O)(Cc1ccc(C(=O)N[C@@H](Cc2ccc(C(=O)c3ccccc3)cc2)C(N)=O)cc1)OCC. The van der Waals surface area contributed by atoms with Gasteiger partial charge in [0.1, 0.15) is 6.04 Å². The fraction of sp³-hybridized carbons (Fsp3) is 0.250. The summed E-state index contributed by atoms with van der Waals surface area (Å²) in [6, 6.07) is 21.3. The zero-order valence-corrected chi connectivity index (χ0v) is 21.8. The lowest BCUT2D eigenvalue weighted by Gasteiger charge is -2.18. The van der Waals surface area contributed by atoms with E-state index in [0.717, 1.165) is 5.56 Å². The van der Waals surface area contributed by atoms with Gasteiger partial charge in [-0.15, -0.1) is 0 Å². The number of hydrogen-bond donors (Lipinski definition) is 2. The van der Waals surface area contributed by atoms with Crippen LogP contribution in [0.4, 0.5) is 0 Å². The lowest BCUT2D eigenvalue weighted by atomic mass is 9.99. The molecule has 0 saturated heterocycles. The van der Waals surface area contributed by atoms with Crippen LogP contribution in [0, 0.1) is 0 Å². The molecular formula is C28H31N2O6P. The summed E-state index contributed by atoms with van der Waals surface area (Å²) in [5, 5.41) is 2.67. The Balaban J connectivity index is 1.64. The van der Waals surface area contributed by atoms with E-state index in [0.29, 0.717) is 22.3 Å². The summed E-state index contributed by atoms with van der Waals surface area (Å²) in [4.78, 5) is 37.4. The fourth-order valence-corrected chi connectivity index (χ4v) is 5.46. The summed E-state index contributed by atoms with van der Waals surface area (Å²) >= 11 is 0. The highest BCUT2D eigenvalue weighted by atomic mass is 31.2. The molecule has 0 aliphatic rings. The molecule has 3 N–H and O–H groups in total. The van der Waals surface area contributed by atoms with Crippen LogP contribution in [0.1, 0.15) is 51.3 Å². The van der Waals surface area contributed by atoms with E-state index < -0.39 is 25.5 Å². The smallest absolute Gasteiger partial charge is 0.335 e. The van der Waals surface area contributed by atoms with Crippen LogP contribution in [0.5, 0.6) is 0 Å². The first-order valence-corrected chi connectivity index (χ1v) is 13.7. The number of primary amides is 1. The van der Waals surface area contributed by atoms with Gasteiger partial charge in [0.05, 0.1) is 19.4 Å². The number of benzene rings is 3. The highest BCUT2D eigenvalue weighted by Gasteiger charge is 2.24. The van der Waals surface area contributed by atoms with Crippen molar-refractivity contribution in [3.8, 4) is 0 Å². The lowest BCUT2D eigenvalue weighted by molar-refractivity contribution is -0.119. The summed E-state index contributed by atoms with van der Waals surface area (Å²) in [6.07, 6.45) is 0.258. The average Bonchev–Trinajstić information content (AvgIpc) is 2.89. The quantitative estimate of drug-likeness (QED) is 0.251. The molecule has 1 atom stereocenters. The third-order valence-corrected chi connectivity index (χ3v) is 7.64. The third-order valence-electron chi connectivity index (χ3n) is 5.58. The van der Waals surface area contributed by atoms with Crippen molar-refractivity contribution in [2.75, 3.05) is 13.2 Å². The van der Waals surface area contributed by atoms with E-state index in [4.69, 9.17) is 14.8 Å². The Morgan fingerprint density at radius 3 is 1.84 bits per heavy atom. The normalized spacial score (nSPS) is 12.1. The zero-order chi connectivity index (χ0) is 26.8. The first-order chi connectivity index (χ1) is 17.7. The van der Waals surface area contributed by atoms with Crippen LogP contribution in [-0.2, 0) is 31.0 Å². The largest absolute Gasteiger partial charge is 0.368 e. The molecule has 0 aromatic heterocycles. The van der Waals surface area contributed by atoms with Gasteiger partial charge in [0.25, 0.3) is 5.91 Å². The standard InChI is InChI=1S/C28H31N2O6P/c1-3-35-37(34,36-4-2)19-21-12-16-24(17-13-21)28(33)30-25(27(29)32)18-20-10-14-23(15-11-20)26(31)22-8-6-5-7-9-22/h5-17,25H,3-4,18-19H2,1-2H3,(H2,29,32)(H,30,33)/t25-/m0/s1. The van der Waals surface area contributed by atoms with Gasteiger partial charge in [-0.1, -0.05) is 66.7 Å². The third kappa shape index (κ3) is 7.95. The van der Waals surface area contributed by atoms with Gasteiger partial charge in [-0.3, -0.25) is 18.9 Å². The molecule has 0 aliphatic heterocycles. The second kappa shape index (κ2) is 13.1. The van der Waals surface area contributed by atoms with E-state index in [1.165, 1.54) is 0 Å². The Morgan fingerprint density at radius 1 is 0.784 bits per heavy atom. The van der Waals surface area contributed by atoms with Gasteiger partial charge >= 0.3 is 7.60 Å². The monoisotopic (exact) mass is 522 g/mol. The van der Waals surface area contributed by atoms with Crippen molar-refractivity contribution in [1.82, 2.24) is 5.32 Å². The number of ketones is 1. The summed E-state index contributed by atoms with van der Waals surface area (Å²) in [6.45, 7) is 4.01. The van der Waals surface area contributed by atoms with Crippen molar-refractivity contribution in [1.29, 1.82) is 0 Å². The van der Waals surface area contributed by atoms with Crippen molar-refractivity contribution in [2.45, 2.75) is 32.5 Å². The van der Waals surface area contributed by atoms with E-state index in [1.807, 2.05) is 6.07 Å². The molecule has 0 aliphatic carbocycles. The van der Waals surface area contributed by atoms with Crippen molar-refractivity contribution in [3.63, 3.8) is 0 Å². The van der Waals surface area contributed by atoms with E-state index in [9.17, 15) is 18.9 Å². The number of rotatable bonds is 13. The lowest BCUT2D eigenvalue weighted by Crippen LogP contribution is -2.45. The number of carbonyl (C=O) groups excluding carboxylic acids is 3. The first-order valence-electron chi connectivity index (χ1n) is 12.0. The molecule has 0 unspecified atom stereocenters. The molecule has 3 rings (SSSR count). The molecule has 0 fully saturated rings. The number of hydrogen-bond acceptors (Lipinski definition) is 6. The van der Waals surface area contributed by atoms with Crippen LogP contribution in [0.25, 0.3) is 0 Å². The Hall–Kier alpha value is -3.58. The van der Waals surface area contributed by atoms with Gasteiger partial charge < -0.3 is 20.1 Å².